The first-order valence-electron chi connectivity index (χ1n) is 7.60. The van der Waals surface area contributed by atoms with Gasteiger partial charge in [-0.3, -0.25) is 4.90 Å². The van der Waals surface area contributed by atoms with Gasteiger partial charge >= 0.3 is 0 Å². The molecule has 106 valence electrons. The van der Waals surface area contributed by atoms with Crippen LogP contribution >= 0.6 is 0 Å². The Balaban J connectivity index is 1.86. The summed E-state index contributed by atoms with van der Waals surface area (Å²) in [6.07, 6.45) is 2.61. The number of nitrogens with one attached hydrogen (secondary N) is 2. The average Bonchev–Trinajstić information content (AvgIpc) is 2.96. The summed E-state index contributed by atoms with van der Waals surface area (Å²) >= 11 is 0. The van der Waals surface area contributed by atoms with Crippen LogP contribution in [-0.2, 0) is 6.54 Å². The van der Waals surface area contributed by atoms with Crippen molar-refractivity contribution in [1.29, 1.82) is 0 Å². The number of anilines is 1. The predicted molar refractivity (Wildman–Crippen MR) is 82.6 cm³/mol. The van der Waals surface area contributed by atoms with Crippen molar-refractivity contribution < 1.29 is 0 Å². The van der Waals surface area contributed by atoms with Gasteiger partial charge in [0.25, 0.3) is 0 Å². The Hall–Kier alpha value is -1.06. The van der Waals surface area contributed by atoms with Crippen LogP contribution in [0.4, 0.5) is 5.69 Å². The summed E-state index contributed by atoms with van der Waals surface area (Å²) in [7, 11) is 0. The lowest BCUT2D eigenvalue weighted by molar-refractivity contribution is 0.296. The third-order valence-corrected chi connectivity index (χ3v) is 3.94. The lowest BCUT2D eigenvalue weighted by Crippen LogP contribution is -2.29. The summed E-state index contributed by atoms with van der Waals surface area (Å²) in [4.78, 5) is 2.44. The van der Waals surface area contributed by atoms with Gasteiger partial charge < -0.3 is 10.6 Å². The number of hydrogen-bond donors (Lipinski definition) is 2. The van der Waals surface area contributed by atoms with E-state index in [1.54, 1.807) is 0 Å². The van der Waals surface area contributed by atoms with Gasteiger partial charge in [0.2, 0.25) is 0 Å². The number of hydrogen-bond acceptors (Lipinski definition) is 3. The second-order valence-corrected chi connectivity index (χ2v) is 5.34. The van der Waals surface area contributed by atoms with E-state index in [-0.39, 0.29) is 0 Å². The van der Waals surface area contributed by atoms with Crippen LogP contribution in [0.5, 0.6) is 0 Å². The first-order chi connectivity index (χ1) is 9.31. The normalized spacial score (nSPS) is 19.0. The second kappa shape index (κ2) is 7.51. The molecule has 1 fully saturated rings. The van der Waals surface area contributed by atoms with E-state index >= 15 is 0 Å². The van der Waals surface area contributed by atoms with Crippen molar-refractivity contribution in [2.75, 3.05) is 31.5 Å². The largest absolute Gasteiger partial charge is 0.383 e. The molecule has 1 unspecified atom stereocenters. The van der Waals surface area contributed by atoms with Gasteiger partial charge in [0, 0.05) is 24.8 Å². The zero-order valence-corrected chi connectivity index (χ0v) is 12.3. The summed E-state index contributed by atoms with van der Waals surface area (Å²) in [5.41, 5.74) is 2.64. The Kier molecular flexibility index (Phi) is 5.67. The van der Waals surface area contributed by atoms with Gasteiger partial charge in [0.05, 0.1) is 0 Å². The Labute approximate surface area is 117 Å². The molecule has 1 aliphatic rings. The van der Waals surface area contributed by atoms with Crippen molar-refractivity contribution in [2.45, 2.75) is 39.3 Å². The molecule has 0 aromatic heterocycles. The molecule has 2 N–H and O–H groups in total. The zero-order valence-electron chi connectivity index (χ0n) is 12.3. The summed E-state index contributed by atoms with van der Waals surface area (Å²) in [6.45, 7) is 9.92. The number of rotatable bonds is 7. The van der Waals surface area contributed by atoms with E-state index in [2.05, 4.69) is 53.6 Å². The van der Waals surface area contributed by atoms with Crippen molar-refractivity contribution in [3.8, 4) is 0 Å². The summed E-state index contributed by atoms with van der Waals surface area (Å²) < 4.78 is 0. The Morgan fingerprint density at radius 2 is 2.16 bits per heavy atom. The molecule has 3 nitrogen and oxygen atoms in total. The molecule has 0 amide bonds. The molecule has 0 saturated carbocycles. The van der Waals surface area contributed by atoms with Crippen molar-refractivity contribution in [2.24, 2.45) is 0 Å². The minimum atomic E-state index is 0.645. The molecule has 3 heteroatoms. The maximum absolute atomic E-state index is 3.56. The zero-order chi connectivity index (χ0) is 13.5. The van der Waals surface area contributed by atoms with Crippen LogP contribution in [0.15, 0.2) is 24.3 Å². The number of nitrogens with zero attached hydrogens (tertiary/aromatic N) is 1. The molecule has 0 radical (unpaired) electrons. The third-order valence-electron chi connectivity index (χ3n) is 3.94. The van der Waals surface area contributed by atoms with Gasteiger partial charge in [-0.2, -0.15) is 0 Å². The average molecular weight is 261 g/mol. The molecule has 1 saturated heterocycles. The van der Waals surface area contributed by atoms with Gasteiger partial charge in [-0.25, -0.2) is 0 Å². The fraction of sp³-hybridized carbons (Fsp3) is 0.625. The van der Waals surface area contributed by atoms with Crippen LogP contribution in [0.25, 0.3) is 0 Å². The predicted octanol–water partition coefficient (Wildman–Crippen LogP) is 2.69. The van der Waals surface area contributed by atoms with Crippen LogP contribution in [0.3, 0.4) is 0 Å². The highest BCUT2D eigenvalue weighted by molar-refractivity contribution is 5.45. The van der Waals surface area contributed by atoms with Gasteiger partial charge in [0.15, 0.2) is 0 Å². The van der Waals surface area contributed by atoms with Crippen molar-refractivity contribution >= 4 is 5.69 Å². The molecule has 19 heavy (non-hydrogen) atoms. The lowest BCUT2D eigenvalue weighted by Gasteiger charge is -2.19. The molecule has 1 aromatic rings. The lowest BCUT2D eigenvalue weighted by atomic mass is 10.1. The molecule has 0 aliphatic carbocycles. The Morgan fingerprint density at radius 3 is 2.84 bits per heavy atom. The van der Waals surface area contributed by atoms with Gasteiger partial charge in [-0.15, -0.1) is 0 Å². The summed E-state index contributed by atoms with van der Waals surface area (Å²) in [6, 6.07) is 9.47. The fourth-order valence-electron chi connectivity index (χ4n) is 2.66. The number of benzene rings is 1. The molecular weight excluding hydrogens is 234 g/mol. The maximum atomic E-state index is 3.56. The Bertz CT molecular complexity index is 368. The van der Waals surface area contributed by atoms with E-state index in [0.717, 1.165) is 26.2 Å². The molecule has 1 aromatic carbocycles. The third kappa shape index (κ3) is 4.51. The van der Waals surface area contributed by atoms with E-state index in [1.807, 2.05) is 0 Å². The minimum absolute atomic E-state index is 0.645. The van der Waals surface area contributed by atoms with Gasteiger partial charge in [0.1, 0.15) is 0 Å². The SMILES string of the molecule is CCN(CC)Cc1cccc(NCC2CCCN2)c1. The molecule has 1 atom stereocenters. The van der Waals surface area contributed by atoms with Crippen LogP contribution in [-0.4, -0.2) is 37.1 Å². The van der Waals surface area contributed by atoms with E-state index in [0.29, 0.717) is 6.04 Å². The van der Waals surface area contributed by atoms with Gasteiger partial charge in [-0.05, 0) is 50.2 Å². The standard InChI is InChI=1S/C16H27N3/c1-3-19(4-2)13-14-7-5-8-15(11-14)18-12-16-9-6-10-17-16/h5,7-8,11,16-18H,3-4,6,9-10,12-13H2,1-2H3. The highest BCUT2D eigenvalue weighted by atomic mass is 15.1. The second-order valence-electron chi connectivity index (χ2n) is 5.34. The van der Waals surface area contributed by atoms with Crippen LogP contribution < -0.4 is 10.6 Å². The van der Waals surface area contributed by atoms with Crippen LogP contribution in [0.2, 0.25) is 0 Å². The van der Waals surface area contributed by atoms with Crippen LogP contribution in [0.1, 0.15) is 32.3 Å². The quantitative estimate of drug-likeness (QED) is 0.790. The topological polar surface area (TPSA) is 27.3 Å². The van der Waals surface area contributed by atoms with E-state index in [9.17, 15) is 0 Å². The first-order valence-corrected chi connectivity index (χ1v) is 7.60. The smallest absolute Gasteiger partial charge is 0.0343 e. The first kappa shape index (κ1) is 14.4. The maximum Gasteiger partial charge on any atom is 0.0343 e. The van der Waals surface area contributed by atoms with Crippen molar-refractivity contribution in [1.82, 2.24) is 10.2 Å². The van der Waals surface area contributed by atoms with E-state index < -0.39 is 0 Å². The van der Waals surface area contributed by atoms with E-state index in [1.165, 1.54) is 30.6 Å². The van der Waals surface area contributed by atoms with E-state index in [4.69, 9.17) is 0 Å². The Morgan fingerprint density at radius 1 is 1.32 bits per heavy atom. The molecule has 1 heterocycles. The van der Waals surface area contributed by atoms with Gasteiger partial charge in [-0.1, -0.05) is 26.0 Å². The molecule has 1 aliphatic heterocycles. The minimum Gasteiger partial charge on any atom is -0.383 e. The van der Waals surface area contributed by atoms with Crippen LogP contribution in [0, 0.1) is 0 Å². The highest BCUT2D eigenvalue weighted by Gasteiger charge is 2.13. The highest BCUT2D eigenvalue weighted by Crippen LogP contribution is 2.14. The summed E-state index contributed by atoms with van der Waals surface area (Å²) in [5, 5.41) is 7.08. The van der Waals surface area contributed by atoms with Crippen molar-refractivity contribution in [3.63, 3.8) is 0 Å². The molecule has 0 spiro atoms. The van der Waals surface area contributed by atoms with Crippen molar-refractivity contribution in [3.05, 3.63) is 29.8 Å². The fourth-order valence-corrected chi connectivity index (χ4v) is 2.66. The molecular formula is C16H27N3. The summed E-state index contributed by atoms with van der Waals surface area (Å²) in [5.74, 6) is 0. The monoisotopic (exact) mass is 261 g/mol. The molecule has 2 rings (SSSR count). The molecule has 0 bridgehead atoms.